The number of halogens is 2. The fourth-order valence-electron chi connectivity index (χ4n) is 3.56. The first-order valence-electron chi connectivity index (χ1n) is 6.42. The van der Waals surface area contributed by atoms with Crippen molar-refractivity contribution in [1.29, 1.82) is 0 Å². The lowest BCUT2D eigenvalue weighted by Gasteiger charge is -2.37. The Morgan fingerprint density at radius 1 is 1.12 bits per heavy atom. The van der Waals surface area contributed by atoms with Gasteiger partial charge in [0.05, 0.1) is 0 Å². The zero-order valence-corrected chi connectivity index (χ0v) is 10.6. The van der Waals surface area contributed by atoms with Gasteiger partial charge in [-0.05, 0) is 37.6 Å². The molecule has 0 bridgehead atoms. The van der Waals surface area contributed by atoms with Crippen LogP contribution in [-0.4, -0.2) is 30.5 Å². The van der Waals surface area contributed by atoms with Crippen molar-refractivity contribution in [2.24, 2.45) is 11.3 Å². The predicted octanol–water partition coefficient (Wildman–Crippen LogP) is 3.54. The third-order valence-corrected chi connectivity index (χ3v) is 4.60. The molecule has 1 nitrogen and oxygen atoms in total. The van der Waals surface area contributed by atoms with Gasteiger partial charge in [0.15, 0.2) is 0 Å². The molecule has 0 aromatic carbocycles. The Morgan fingerprint density at radius 2 is 1.69 bits per heavy atom. The van der Waals surface area contributed by atoms with Gasteiger partial charge in [-0.15, -0.1) is 0 Å². The molecule has 1 spiro atoms. The summed E-state index contributed by atoms with van der Waals surface area (Å²) < 4.78 is 26.4. The highest BCUT2D eigenvalue weighted by molar-refractivity contribution is 4.99. The summed E-state index contributed by atoms with van der Waals surface area (Å²) in [6.45, 7) is 5.49. The zero-order valence-electron chi connectivity index (χ0n) is 10.6. The van der Waals surface area contributed by atoms with Crippen LogP contribution < -0.4 is 0 Å². The second-order valence-electron chi connectivity index (χ2n) is 6.29. The summed E-state index contributed by atoms with van der Waals surface area (Å²) in [4.78, 5) is 2.38. The second-order valence-corrected chi connectivity index (χ2v) is 6.29. The molecule has 2 aliphatic rings. The lowest BCUT2D eigenvalue weighted by molar-refractivity contribution is -0.0647. The first-order chi connectivity index (χ1) is 7.34. The highest BCUT2D eigenvalue weighted by atomic mass is 19.3. The monoisotopic (exact) mass is 231 g/mol. The molecule has 1 heterocycles. The summed E-state index contributed by atoms with van der Waals surface area (Å²) in [7, 11) is 2.15. The van der Waals surface area contributed by atoms with E-state index >= 15 is 0 Å². The minimum absolute atomic E-state index is 0.103. The van der Waals surface area contributed by atoms with Crippen LogP contribution in [0.5, 0.6) is 0 Å². The maximum absolute atomic E-state index is 13.2. The molecule has 0 N–H and O–H groups in total. The fraction of sp³-hybridized carbons (Fsp3) is 1.00. The van der Waals surface area contributed by atoms with Crippen molar-refractivity contribution in [2.45, 2.75) is 57.9 Å². The Kier molecular flexibility index (Phi) is 3.02. The van der Waals surface area contributed by atoms with E-state index in [0.717, 1.165) is 13.0 Å². The molecule has 0 radical (unpaired) electrons. The van der Waals surface area contributed by atoms with Crippen LogP contribution in [-0.2, 0) is 0 Å². The van der Waals surface area contributed by atoms with Crippen molar-refractivity contribution < 1.29 is 8.78 Å². The Balaban J connectivity index is 2.02. The summed E-state index contributed by atoms with van der Waals surface area (Å²) in [6, 6.07) is 0.590. The molecule has 1 saturated carbocycles. The molecule has 0 aromatic heterocycles. The summed E-state index contributed by atoms with van der Waals surface area (Å²) >= 11 is 0. The van der Waals surface area contributed by atoms with Crippen molar-refractivity contribution in [3.05, 3.63) is 0 Å². The lowest BCUT2D eigenvalue weighted by atomic mass is 9.71. The molecule has 0 aromatic rings. The van der Waals surface area contributed by atoms with E-state index in [-0.39, 0.29) is 18.3 Å². The van der Waals surface area contributed by atoms with E-state index in [0.29, 0.717) is 24.8 Å². The molecule has 0 amide bonds. The zero-order chi connectivity index (χ0) is 12.0. The predicted molar refractivity (Wildman–Crippen MR) is 61.7 cm³/mol. The molecule has 1 atom stereocenters. The minimum Gasteiger partial charge on any atom is -0.303 e. The van der Waals surface area contributed by atoms with Gasteiger partial charge in [-0.3, -0.25) is 0 Å². The lowest BCUT2D eigenvalue weighted by Crippen LogP contribution is -2.35. The SMILES string of the molecule is CC(C)[C@H]1CC2(CCC(F)(F)CC2)CN1C. The van der Waals surface area contributed by atoms with Crippen molar-refractivity contribution in [1.82, 2.24) is 4.90 Å². The summed E-state index contributed by atoms with van der Waals surface area (Å²) in [5.41, 5.74) is 0.200. The standard InChI is InChI=1S/C13H23F2N/c1-10(2)11-8-12(9-16(11)3)4-6-13(14,15)7-5-12/h10-11H,4-9H2,1-3H3/t11-/m1/s1. The van der Waals surface area contributed by atoms with Crippen molar-refractivity contribution in [2.75, 3.05) is 13.6 Å². The molecule has 1 aliphatic carbocycles. The average Bonchev–Trinajstić information content (AvgIpc) is 2.50. The van der Waals surface area contributed by atoms with Gasteiger partial charge in [-0.25, -0.2) is 8.78 Å². The molecule has 1 aliphatic heterocycles. The maximum Gasteiger partial charge on any atom is 0.248 e. The second kappa shape index (κ2) is 3.94. The third-order valence-electron chi connectivity index (χ3n) is 4.60. The number of hydrogen-bond acceptors (Lipinski definition) is 1. The van der Waals surface area contributed by atoms with E-state index in [2.05, 4.69) is 25.8 Å². The summed E-state index contributed by atoms with van der Waals surface area (Å²) in [6.07, 6.45) is 2.76. The Bertz CT molecular complexity index is 253. The van der Waals surface area contributed by atoms with Crippen LogP contribution in [0.15, 0.2) is 0 Å². The Labute approximate surface area is 97.2 Å². The topological polar surface area (TPSA) is 3.24 Å². The highest BCUT2D eigenvalue weighted by Gasteiger charge is 2.49. The van der Waals surface area contributed by atoms with Crippen LogP contribution in [0.4, 0.5) is 8.78 Å². The van der Waals surface area contributed by atoms with Crippen LogP contribution in [0.2, 0.25) is 0 Å². The van der Waals surface area contributed by atoms with Crippen LogP contribution in [0.1, 0.15) is 46.0 Å². The van der Waals surface area contributed by atoms with Gasteiger partial charge in [0.2, 0.25) is 5.92 Å². The van der Waals surface area contributed by atoms with Gasteiger partial charge < -0.3 is 4.90 Å². The van der Waals surface area contributed by atoms with E-state index < -0.39 is 5.92 Å². The number of alkyl halides is 2. The molecule has 16 heavy (non-hydrogen) atoms. The highest BCUT2D eigenvalue weighted by Crippen LogP contribution is 2.50. The number of hydrogen-bond donors (Lipinski definition) is 0. The van der Waals surface area contributed by atoms with E-state index in [1.54, 1.807) is 0 Å². The van der Waals surface area contributed by atoms with Gasteiger partial charge >= 0.3 is 0 Å². The van der Waals surface area contributed by atoms with Gasteiger partial charge in [-0.2, -0.15) is 0 Å². The molecule has 2 rings (SSSR count). The molecular formula is C13H23F2N. The molecular weight excluding hydrogens is 208 g/mol. The van der Waals surface area contributed by atoms with Crippen molar-refractivity contribution in [3.63, 3.8) is 0 Å². The first kappa shape index (κ1) is 12.3. The van der Waals surface area contributed by atoms with E-state index in [4.69, 9.17) is 0 Å². The fourth-order valence-corrected chi connectivity index (χ4v) is 3.56. The number of nitrogens with zero attached hydrogens (tertiary/aromatic N) is 1. The maximum atomic E-state index is 13.2. The van der Waals surface area contributed by atoms with Gasteiger partial charge in [-0.1, -0.05) is 13.8 Å². The van der Waals surface area contributed by atoms with Gasteiger partial charge in [0.1, 0.15) is 0 Å². The molecule has 1 saturated heterocycles. The molecule has 2 fully saturated rings. The Morgan fingerprint density at radius 3 is 2.12 bits per heavy atom. The molecule has 3 heteroatoms. The number of likely N-dealkylation sites (tertiary alicyclic amines) is 1. The van der Waals surface area contributed by atoms with Crippen LogP contribution >= 0.6 is 0 Å². The summed E-state index contributed by atoms with van der Waals surface area (Å²) in [5, 5.41) is 0. The number of rotatable bonds is 1. The van der Waals surface area contributed by atoms with Crippen LogP contribution in [0.3, 0.4) is 0 Å². The largest absolute Gasteiger partial charge is 0.303 e. The first-order valence-corrected chi connectivity index (χ1v) is 6.42. The average molecular weight is 231 g/mol. The summed E-state index contributed by atoms with van der Waals surface area (Å²) in [5.74, 6) is -1.76. The van der Waals surface area contributed by atoms with Crippen LogP contribution in [0, 0.1) is 11.3 Å². The van der Waals surface area contributed by atoms with E-state index in [1.165, 1.54) is 0 Å². The smallest absolute Gasteiger partial charge is 0.248 e. The normalized spacial score (nSPS) is 33.8. The van der Waals surface area contributed by atoms with Gasteiger partial charge in [0, 0.05) is 25.4 Å². The van der Waals surface area contributed by atoms with Gasteiger partial charge in [0.25, 0.3) is 0 Å². The van der Waals surface area contributed by atoms with Crippen molar-refractivity contribution in [3.8, 4) is 0 Å². The quantitative estimate of drug-likeness (QED) is 0.667. The minimum atomic E-state index is -2.39. The Hall–Kier alpha value is -0.180. The molecule has 94 valence electrons. The van der Waals surface area contributed by atoms with E-state index in [1.807, 2.05) is 0 Å². The third kappa shape index (κ3) is 2.24. The van der Waals surface area contributed by atoms with E-state index in [9.17, 15) is 8.78 Å². The van der Waals surface area contributed by atoms with Crippen molar-refractivity contribution >= 4 is 0 Å². The van der Waals surface area contributed by atoms with Crippen LogP contribution in [0.25, 0.3) is 0 Å². The molecule has 0 unspecified atom stereocenters.